The van der Waals surface area contributed by atoms with Gasteiger partial charge in [0.05, 0.1) is 0 Å². The summed E-state index contributed by atoms with van der Waals surface area (Å²) in [6, 6.07) is 15.0. The van der Waals surface area contributed by atoms with Crippen LogP contribution in [-0.2, 0) is 9.63 Å². The highest BCUT2D eigenvalue weighted by Crippen LogP contribution is 2.39. The molecule has 2 aromatic carbocycles. The molecular weight excluding hydrogens is 266 g/mol. The highest BCUT2D eigenvalue weighted by molar-refractivity contribution is 5.87. The van der Waals surface area contributed by atoms with Crippen LogP contribution in [0.5, 0.6) is 0 Å². The van der Waals surface area contributed by atoms with Crippen molar-refractivity contribution >= 4 is 16.7 Å². The van der Waals surface area contributed by atoms with Crippen LogP contribution in [-0.4, -0.2) is 11.0 Å². The maximum absolute atomic E-state index is 11.8. The molecule has 2 N–H and O–H groups in total. The molecule has 0 saturated carbocycles. The zero-order valence-electron chi connectivity index (χ0n) is 11.4. The number of rotatable bonds is 1. The third kappa shape index (κ3) is 1.98. The summed E-state index contributed by atoms with van der Waals surface area (Å²) in [5.41, 5.74) is 6.80. The summed E-state index contributed by atoms with van der Waals surface area (Å²) in [5.74, 6) is -0.327. The highest BCUT2D eigenvalue weighted by Gasteiger charge is 2.38. The predicted octanol–water partition coefficient (Wildman–Crippen LogP) is 2.37. The first kappa shape index (κ1) is 13.0. The maximum atomic E-state index is 11.8. The number of amides is 1. The number of nitrogens with zero attached hydrogens (tertiary/aromatic N) is 2. The van der Waals surface area contributed by atoms with Crippen molar-refractivity contribution in [1.29, 1.82) is 5.26 Å². The molecule has 1 amide bonds. The SMILES string of the molecule is CC(=O)N1OC(N)=C(C#N)C1c1cccc2ccccc12. The van der Waals surface area contributed by atoms with Gasteiger partial charge in [0.25, 0.3) is 5.91 Å². The lowest BCUT2D eigenvalue weighted by Gasteiger charge is -2.22. The molecule has 1 heterocycles. The van der Waals surface area contributed by atoms with Crippen LogP contribution >= 0.6 is 0 Å². The Labute approximate surface area is 121 Å². The van der Waals surface area contributed by atoms with Gasteiger partial charge in [0.15, 0.2) is 0 Å². The van der Waals surface area contributed by atoms with Gasteiger partial charge in [-0.1, -0.05) is 42.5 Å². The van der Waals surface area contributed by atoms with Crippen LogP contribution < -0.4 is 5.73 Å². The first-order valence-corrected chi connectivity index (χ1v) is 6.48. The van der Waals surface area contributed by atoms with Gasteiger partial charge in [0.1, 0.15) is 17.7 Å². The van der Waals surface area contributed by atoms with E-state index in [1.807, 2.05) is 48.5 Å². The lowest BCUT2D eigenvalue weighted by molar-refractivity contribution is -0.170. The van der Waals surface area contributed by atoms with Crippen molar-refractivity contribution in [2.45, 2.75) is 13.0 Å². The van der Waals surface area contributed by atoms with E-state index in [9.17, 15) is 10.1 Å². The van der Waals surface area contributed by atoms with Crippen molar-refractivity contribution in [1.82, 2.24) is 5.06 Å². The van der Waals surface area contributed by atoms with Gasteiger partial charge < -0.3 is 10.6 Å². The third-order valence-electron chi connectivity index (χ3n) is 3.52. The molecule has 0 aromatic heterocycles. The summed E-state index contributed by atoms with van der Waals surface area (Å²) < 4.78 is 0. The van der Waals surface area contributed by atoms with Gasteiger partial charge in [0.2, 0.25) is 5.88 Å². The number of nitriles is 1. The lowest BCUT2D eigenvalue weighted by Crippen LogP contribution is -2.29. The molecule has 21 heavy (non-hydrogen) atoms. The number of nitrogens with two attached hydrogens (primary N) is 1. The second-order valence-corrected chi connectivity index (χ2v) is 4.80. The molecule has 1 aliphatic heterocycles. The molecule has 5 nitrogen and oxygen atoms in total. The molecule has 0 aliphatic carbocycles. The minimum Gasteiger partial charge on any atom is -0.367 e. The van der Waals surface area contributed by atoms with Gasteiger partial charge in [-0.2, -0.15) is 10.3 Å². The Hall–Kier alpha value is -3.00. The minimum atomic E-state index is -0.612. The number of hydrogen-bond donors (Lipinski definition) is 1. The van der Waals surface area contributed by atoms with Gasteiger partial charge in [-0.3, -0.25) is 4.79 Å². The maximum Gasteiger partial charge on any atom is 0.253 e. The lowest BCUT2D eigenvalue weighted by atomic mass is 9.94. The fourth-order valence-corrected chi connectivity index (χ4v) is 2.59. The fourth-order valence-electron chi connectivity index (χ4n) is 2.59. The fraction of sp³-hybridized carbons (Fsp3) is 0.125. The van der Waals surface area contributed by atoms with Crippen LogP contribution in [0.15, 0.2) is 53.9 Å². The summed E-state index contributed by atoms with van der Waals surface area (Å²) in [5, 5.41) is 12.5. The van der Waals surface area contributed by atoms with Crippen LogP contribution in [0.1, 0.15) is 18.5 Å². The molecule has 3 rings (SSSR count). The van der Waals surface area contributed by atoms with Gasteiger partial charge in [-0.25, -0.2) is 0 Å². The van der Waals surface area contributed by atoms with Crippen molar-refractivity contribution in [2.24, 2.45) is 5.73 Å². The minimum absolute atomic E-state index is 0.0226. The van der Waals surface area contributed by atoms with E-state index in [1.54, 1.807) is 0 Å². The molecule has 1 unspecified atom stereocenters. The molecule has 2 aromatic rings. The smallest absolute Gasteiger partial charge is 0.253 e. The van der Waals surface area contributed by atoms with Crippen LogP contribution in [0.2, 0.25) is 0 Å². The van der Waals surface area contributed by atoms with E-state index in [1.165, 1.54) is 6.92 Å². The largest absolute Gasteiger partial charge is 0.367 e. The summed E-state index contributed by atoms with van der Waals surface area (Å²) in [6.45, 7) is 1.38. The van der Waals surface area contributed by atoms with Gasteiger partial charge in [0, 0.05) is 6.92 Å². The zero-order chi connectivity index (χ0) is 15.0. The molecule has 1 aliphatic rings. The summed E-state index contributed by atoms with van der Waals surface area (Å²) in [4.78, 5) is 17.0. The Morgan fingerprint density at radius 2 is 2.00 bits per heavy atom. The second kappa shape index (κ2) is 4.84. The van der Waals surface area contributed by atoms with E-state index in [0.29, 0.717) is 0 Å². The van der Waals surface area contributed by atoms with Crippen LogP contribution in [0.25, 0.3) is 10.8 Å². The van der Waals surface area contributed by atoms with E-state index < -0.39 is 6.04 Å². The molecule has 0 saturated heterocycles. The number of fused-ring (bicyclic) bond motifs is 1. The van der Waals surface area contributed by atoms with Gasteiger partial charge >= 0.3 is 0 Å². The summed E-state index contributed by atoms with van der Waals surface area (Å²) in [6.07, 6.45) is 0. The standard InChI is InChI=1S/C16H13N3O2/c1-10(20)19-15(14(9-17)16(18)21-19)13-8-4-6-11-5-2-3-7-12(11)13/h2-8,15H,18H2,1H3. The highest BCUT2D eigenvalue weighted by atomic mass is 16.7. The zero-order valence-corrected chi connectivity index (χ0v) is 11.4. The Bertz CT molecular complexity index is 799. The molecule has 5 heteroatoms. The summed E-state index contributed by atoms with van der Waals surface area (Å²) >= 11 is 0. The van der Waals surface area contributed by atoms with E-state index in [2.05, 4.69) is 0 Å². The van der Waals surface area contributed by atoms with E-state index in [4.69, 9.17) is 10.6 Å². The first-order valence-electron chi connectivity index (χ1n) is 6.48. The van der Waals surface area contributed by atoms with Crippen LogP contribution in [0, 0.1) is 11.3 Å². The van der Waals surface area contributed by atoms with E-state index >= 15 is 0 Å². The molecule has 0 radical (unpaired) electrons. The normalized spacial score (nSPS) is 17.7. The number of benzene rings is 2. The van der Waals surface area contributed by atoms with Crippen molar-refractivity contribution < 1.29 is 9.63 Å². The Morgan fingerprint density at radius 3 is 2.71 bits per heavy atom. The molecule has 0 fully saturated rings. The first-order chi connectivity index (χ1) is 10.1. The monoisotopic (exact) mass is 279 g/mol. The quantitative estimate of drug-likeness (QED) is 0.869. The van der Waals surface area contributed by atoms with Gasteiger partial charge in [-0.05, 0) is 16.3 Å². The van der Waals surface area contributed by atoms with Crippen molar-refractivity contribution in [3.63, 3.8) is 0 Å². The number of carbonyl (C=O) groups is 1. The molecule has 1 atom stereocenters. The van der Waals surface area contributed by atoms with Crippen LogP contribution in [0.3, 0.4) is 0 Å². The van der Waals surface area contributed by atoms with Crippen molar-refractivity contribution in [2.75, 3.05) is 0 Å². The van der Waals surface area contributed by atoms with E-state index in [-0.39, 0.29) is 17.4 Å². The second-order valence-electron chi connectivity index (χ2n) is 4.80. The molecule has 104 valence electrons. The molecular formula is C16H13N3O2. The number of hydroxylamine groups is 2. The Balaban J connectivity index is 2.24. The average Bonchev–Trinajstić information content (AvgIpc) is 2.83. The van der Waals surface area contributed by atoms with E-state index in [0.717, 1.165) is 21.4 Å². The third-order valence-corrected chi connectivity index (χ3v) is 3.52. The van der Waals surface area contributed by atoms with Crippen molar-refractivity contribution in [3.05, 3.63) is 59.5 Å². The topological polar surface area (TPSA) is 79.3 Å². The molecule has 0 spiro atoms. The van der Waals surface area contributed by atoms with Gasteiger partial charge in [-0.15, -0.1) is 0 Å². The Morgan fingerprint density at radius 1 is 1.29 bits per heavy atom. The van der Waals surface area contributed by atoms with Crippen molar-refractivity contribution in [3.8, 4) is 6.07 Å². The number of hydrogen-bond acceptors (Lipinski definition) is 4. The summed E-state index contributed by atoms with van der Waals surface area (Å²) in [7, 11) is 0. The average molecular weight is 279 g/mol. The Kier molecular flexibility index (Phi) is 2.99. The number of carbonyl (C=O) groups excluding carboxylic acids is 1. The van der Waals surface area contributed by atoms with Crippen LogP contribution in [0.4, 0.5) is 0 Å². The molecule has 0 bridgehead atoms. The predicted molar refractivity (Wildman–Crippen MR) is 77.1 cm³/mol.